The normalized spacial score (nSPS) is 34.4. The largest absolute Gasteiger partial charge is 0.347 e. The minimum atomic E-state index is -1.39. The highest BCUT2D eigenvalue weighted by Crippen LogP contribution is 2.35. The Balaban J connectivity index is 2.05. The van der Waals surface area contributed by atoms with E-state index in [0.717, 1.165) is 0 Å². The van der Waals surface area contributed by atoms with Gasteiger partial charge in [0.1, 0.15) is 0 Å². The van der Waals surface area contributed by atoms with Gasteiger partial charge >= 0.3 is 0 Å². The van der Waals surface area contributed by atoms with Gasteiger partial charge in [0.05, 0.1) is 13.2 Å². The molecule has 1 saturated carbocycles. The third-order valence-electron chi connectivity index (χ3n) is 2.41. The Morgan fingerprint density at radius 3 is 2.67 bits per heavy atom. The second-order valence-corrected chi connectivity index (χ2v) is 3.25. The van der Waals surface area contributed by atoms with Crippen LogP contribution in [0.5, 0.6) is 0 Å². The Morgan fingerprint density at radius 2 is 2.08 bits per heavy atom. The first kappa shape index (κ1) is 8.13. The summed E-state index contributed by atoms with van der Waals surface area (Å²) in [5, 5.41) is 0. The van der Waals surface area contributed by atoms with Crippen molar-refractivity contribution in [3.05, 3.63) is 0 Å². The Kier molecular flexibility index (Phi) is 1.88. The lowest BCUT2D eigenvalue weighted by Crippen LogP contribution is -2.41. The van der Waals surface area contributed by atoms with Crippen LogP contribution >= 0.6 is 0 Å². The molecule has 0 amide bonds. The van der Waals surface area contributed by atoms with E-state index in [4.69, 9.17) is 9.47 Å². The fourth-order valence-corrected chi connectivity index (χ4v) is 1.72. The number of carbonyl (C=O) groups is 1. The summed E-state index contributed by atoms with van der Waals surface area (Å²) in [4.78, 5) is 10.8. The van der Waals surface area contributed by atoms with Crippen molar-refractivity contribution in [3.63, 3.8) is 0 Å². The van der Waals surface area contributed by atoms with Crippen molar-refractivity contribution in [2.75, 3.05) is 13.2 Å². The van der Waals surface area contributed by atoms with Gasteiger partial charge in [-0.2, -0.15) is 0 Å². The average molecular weight is 174 g/mol. The second kappa shape index (κ2) is 2.78. The van der Waals surface area contributed by atoms with Gasteiger partial charge < -0.3 is 9.47 Å². The third kappa shape index (κ3) is 1.25. The number of rotatable bonds is 0. The topological polar surface area (TPSA) is 35.5 Å². The minimum absolute atomic E-state index is 0.0752. The molecule has 0 unspecified atom stereocenters. The van der Waals surface area contributed by atoms with Crippen molar-refractivity contribution in [2.45, 2.75) is 31.2 Å². The Labute approximate surface area is 69.8 Å². The van der Waals surface area contributed by atoms with Crippen LogP contribution in [-0.4, -0.2) is 31.0 Å². The van der Waals surface area contributed by atoms with E-state index in [-0.39, 0.29) is 18.6 Å². The van der Waals surface area contributed by atoms with Crippen molar-refractivity contribution in [2.24, 2.45) is 0 Å². The molecule has 0 N–H and O–H groups in total. The van der Waals surface area contributed by atoms with E-state index < -0.39 is 12.0 Å². The lowest BCUT2D eigenvalue weighted by molar-refractivity contribution is -0.190. The standard InChI is InChI=1S/C8H11FO3/c9-6-5-8(2-1-7(6)10)11-3-4-12-8/h6H,1-5H2/t6-/m1/s1. The lowest BCUT2D eigenvalue weighted by atomic mass is 9.91. The fraction of sp³-hybridized carbons (Fsp3) is 0.875. The SMILES string of the molecule is O=C1CCC2(C[C@H]1F)OCCO2. The van der Waals surface area contributed by atoms with Gasteiger partial charge in [-0.15, -0.1) is 0 Å². The minimum Gasteiger partial charge on any atom is -0.347 e. The van der Waals surface area contributed by atoms with Gasteiger partial charge in [-0.05, 0) is 0 Å². The van der Waals surface area contributed by atoms with Crippen LogP contribution in [-0.2, 0) is 14.3 Å². The number of alkyl halides is 1. The molecule has 1 saturated heterocycles. The van der Waals surface area contributed by atoms with E-state index in [0.29, 0.717) is 19.6 Å². The van der Waals surface area contributed by atoms with Crippen LogP contribution in [0.15, 0.2) is 0 Å². The molecule has 2 rings (SSSR count). The predicted octanol–water partition coefficient (Wildman–Crippen LogP) is 0.821. The lowest BCUT2D eigenvalue weighted by Gasteiger charge is -2.32. The van der Waals surface area contributed by atoms with Crippen LogP contribution in [0.2, 0.25) is 0 Å². The average Bonchev–Trinajstić information content (AvgIpc) is 2.47. The summed E-state index contributed by atoms with van der Waals surface area (Å²) in [6.07, 6.45) is -0.573. The molecule has 1 spiro atoms. The first-order valence-electron chi connectivity index (χ1n) is 4.17. The van der Waals surface area contributed by atoms with Gasteiger partial charge in [-0.1, -0.05) is 0 Å². The summed E-state index contributed by atoms with van der Waals surface area (Å²) in [7, 11) is 0. The highest BCUT2D eigenvalue weighted by atomic mass is 19.1. The highest BCUT2D eigenvalue weighted by Gasteiger charge is 2.44. The van der Waals surface area contributed by atoms with Crippen LogP contribution in [0.3, 0.4) is 0 Å². The molecule has 0 aromatic heterocycles. The maximum atomic E-state index is 13.0. The van der Waals surface area contributed by atoms with E-state index in [9.17, 15) is 9.18 Å². The van der Waals surface area contributed by atoms with Crippen molar-refractivity contribution in [1.29, 1.82) is 0 Å². The molecule has 4 heteroatoms. The molecule has 3 nitrogen and oxygen atoms in total. The second-order valence-electron chi connectivity index (χ2n) is 3.25. The van der Waals surface area contributed by atoms with E-state index in [1.807, 2.05) is 0 Å². The van der Waals surface area contributed by atoms with Crippen LogP contribution in [0.1, 0.15) is 19.3 Å². The van der Waals surface area contributed by atoms with E-state index in [1.165, 1.54) is 0 Å². The molecule has 1 aliphatic carbocycles. The van der Waals surface area contributed by atoms with Crippen LogP contribution in [0.4, 0.5) is 4.39 Å². The molecule has 1 atom stereocenters. The number of ketones is 1. The van der Waals surface area contributed by atoms with Crippen LogP contribution in [0, 0.1) is 0 Å². The maximum Gasteiger partial charge on any atom is 0.172 e. The zero-order chi connectivity index (χ0) is 8.60. The van der Waals surface area contributed by atoms with Crippen molar-refractivity contribution < 1.29 is 18.7 Å². The molecule has 1 heterocycles. The van der Waals surface area contributed by atoms with Gasteiger partial charge in [0.15, 0.2) is 17.7 Å². The van der Waals surface area contributed by atoms with E-state index in [2.05, 4.69) is 0 Å². The third-order valence-corrected chi connectivity index (χ3v) is 2.41. The van der Waals surface area contributed by atoms with Gasteiger partial charge in [-0.25, -0.2) is 4.39 Å². The summed E-state index contributed by atoms with van der Waals surface area (Å²) in [5.41, 5.74) is 0. The summed E-state index contributed by atoms with van der Waals surface area (Å²) in [5.74, 6) is -1.09. The molecule has 0 radical (unpaired) electrons. The molecule has 1 aliphatic heterocycles. The number of Topliss-reactive ketones (excluding diaryl/α,β-unsaturated/α-hetero) is 1. The maximum absolute atomic E-state index is 13.0. The smallest absolute Gasteiger partial charge is 0.172 e. The summed E-state index contributed by atoms with van der Waals surface area (Å²) in [6.45, 7) is 1.03. The number of carbonyl (C=O) groups excluding carboxylic acids is 1. The van der Waals surface area contributed by atoms with Gasteiger partial charge in [0.2, 0.25) is 0 Å². The molecule has 2 aliphatic rings. The van der Waals surface area contributed by atoms with Crippen molar-refractivity contribution in [3.8, 4) is 0 Å². The number of ether oxygens (including phenoxy) is 2. The molecular formula is C8H11FO3. The summed E-state index contributed by atoms with van der Waals surface area (Å²) < 4.78 is 23.5. The van der Waals surface area contributed by atoms with Gasteiger partial charge in [-0.3, -0.25) is 4.79 Å². The first-order valence-corrected chi connectivity index (χ1v) is 4.17. The summed E-state index contributed by atoms with van der Waals surface area (Å²) >= 11 is 0. The zero-order valence-electron chi connectivity index (χ0n) is 6.72. The number of hydrogen-bond acceptors (Lipinski definition) is 3. The molecule has 2 fully saturated rings. The zero-order valence-corrected chi connectivity index (χ0v) is 6.72. The predicted molar refractivity (Wildman–Crippen MR) is 38.4 cm³/mol. The monoisotopic (exact) mass is 174 g/mol. The quantitative estimate of drug-likeness (QED) is 0.545. The van der Waals surface area contributed by atoms with Crippen molar-refractivity contribution >= 4 is 5.78 Å². The van der Waals surface area contributed by atoms with Crippen LogP contribution < -0.4 is 0 Å². The number of hydrogen-bond donors (Lipinski definition) is 0. The van der Waals surface area contributed by atoms with Gasteiger partial charge in [0.25, 0.3) is 0 Å². The Hall–Kier alpha value is -0.480. The first-order chi connectivity index (χ1) is 5.72. The molecule has 12 heavy (non-hydrogen) atoms. The number of halogens is 1. The summed E-state index contributed by atoms with van der Waals surface area (Å²) in [6, 6.07) is 0. The van der Waals surface area contributed by atoms with Gasteiger partial charge in [0, 0.05) is 19.3 Å². The Morgan fingerprint density at radius 1 is 1.42 bits per heavy atom. The Bertz CT molecular complexity index is 198. The van der Waals surface area contributed by atoms with E-state index >= 15 is 0 Å². The van der Waals surface area contributed by atoms with Crippen LogP contribution in [0.25, 0.3) is 0 Å². The fourth-order valence-electron chi connectivity index (χ4n) is 1.72. The highest BCUT2D eigenvalue weighted by molar-refractivity contribution is 5.83. The molecule has 0 aromatic carbocycles. The molecule has 0 bridgehead atoms. The molecule has 68 valence electrons. The van der Waals surface area contributed by atoms with Crippen molar-refractivity contribution in [1.82, 2.24) is 0 Å². The van der Waals surface area contributed by atoms with E-state index in [1.54, 1.807) is 0 Å². The molecule has 0 aromatic rings. The molecular weight excluding hydrogens is 163 g/mol.